The molecule has 0 aliphatic carbocycles. The number of ether oxygens (including phenoxy) is 1. The van der Waals surface area contributed by atoms with Gasteiger partial charge in [-0.2, -0.15) is 0 Å². The molecule has 0 aliphatic rings. The van der Waals surface area contributed by atoms with E-state index in [0.717, 1.165) is 17.8 Å². The molecule has 2 aromatic rings. The maximum Gasteiger partial charge on any atom is 0.410 e. The molecule has 0 saturated heterocycles. The number of pyridine rings is 1. The van der Waals surface area contributed by atoms with E-state index in [1.165, 1.54) is 5.56 Å². The summed E-state index contributed by atoms with van der Waals surface area (Å²) in [5, 5.41) is 0.164. The maximum atomic E-state index is 12.8. The van der Waals surface area contributed by atoms with Gasteiger partial charge in [0.15, 0.2) is 8.32 Å². The Balaban J connectivity index is 2.03. The number of benzene rings is 1. The van der Waals surface area contributed by atoms with E-state index in [-0.39, 0.29) is 11.1 Å². The van der Waals surface area contributed by atoms with E-state index in [1.54, 1.807) is 4.90 Å². The first-order valence-electron chi connectivity index (χ1n) is 11.9. The molecular weight excluding hydrogens is 428 g/mol. The van der Waals surface area contributed by atoms with Crippen LogP contribution in [0.2, 0.25) is 18.1 Å². The number of carbonyl (C=O) groups is 1. The number of rotatable bonds is 9. The lowest BCUT2D eigenvalue weighted by molar-refractivity contribution is 0.0253. The van der Waals surface area contributed by atoms with Crippen molar-refractivity contribution in [1.29, 1.82) is 0 Å². The highest BCUT2D eigenvalue weighted by Gasteiger charge is 2.37. The minimum atomic E-state index is -1.83. The molecule has 0 N–H and O–H groups in total. The van der Waals surface area contributed by atoms with Crippen molar-refractivity contribution in [1.82, 2.24) is 9.88 Å². The predicted octanol–water partition coefficient (Wildman–Crippen LogP) is 6.63. The molecule has 0 saturated carbocycles. The van der Waals surface area contributed by atoms with E-state index in [4.69, 9.17) is 14.1 Å². The van der Waals surface area contributed by atoms with Crippen LogP contribution in [0.5, 0.6) is 0 Å². The summed E-state index contributed by atoms with van der Waals surface area (Å²) in [4.78, 5) is 19.4. The van der Waals surface area contributed by atoms with Crippen LogP contribution in [0.25, 0.3) is 0 Å². The van der Waals surface area contributed by atoms with E-state index in [2.05, 4.69) is 46.0 Å². The minimum absolute atomic E-state index is 0.164. The second-order valence-corrected chi connectivity index (χ2v) is 15.9. The molecule has 0 aliphatic heterocycles. The highest BCUT2D eigenvalue weighted by Crippen LogP contribution is 2.36. The normalized spacial score (nSPS) is 12.5. The highest BCUT2D eigenvalue weighted by atomic mass is 28.4. The largest absolute Gasteiger partial charge is 0.444 e. The Bertz CT molecular complexity index is 886. The molecule has 5 nitrogen and oxygen atoms in total. The molecule has 182 valence electrons. The van der Waals surface area contributed by atoms with E-state index in [1.807, 2.05) is 57.2 Å². The molecule has 0 bridgehead atoms. The molecule has 1 aromatic carbocycles. The van der Waals surface area contributed by atoms with Gasteiger partial charge >= 0.3 is 6.09 Å². The average molecular weight is 471 g/mol. The van der Waals surface area contributed by atoms with Crippen LogP contribution in [0.3, 0.4) is 0 Å². The summed E-state index contributed by atoms with van der Waals surface area (Å²) in [5.41, 5.74) is 2.57. The molecule has 33 heavy (non-hydrogen) atoms. The molecule has 1 heterocycles. The van der Waals surface area contributed by atoms with E-state index in [9.17, 15) is 4.79 Å². The van der Waals surface area contributed by atoms with Crippen molar-refractivity contribution in [2.75, 3.05) is 13.1 Å². The van der Waals surface area contributed by atoms with Crippen molar-refractivity contribution in [3.63, 3.8) is 0 Å². The first-order chi connectivity index (χ1) is 15.3. The van der Waals surface area contributed by atoms with Gasteiger partial charge in [0.25, 0.3) is 0 Å². The van der Waals surface area contributed by atoms with Crippen LogP contribution in [0.4, 0.5) is 4.79 Å². The van der Waals surface area contributed by atoms with Crippen molar-refractivity contribution >= 4 is 14.4 Å². The number of carbonyl (C=O) groups excluding carboxylic acids is 1. The summed E-state index contributed by atoms with van der Waals surface area (Å²) in [7, 11) is -1.83. The van der Waals surface area contributed by atoms with Gasteiger partial charge in [-0.25, -0.2) is 4.79 Å². The Hall–Kier alpha value is -2.18. The molecule has 0 fully saturated rings. The summed E-state index contributed by atoms with van der Waals surface area (Å²) < 4.78 is 12.0. The Morgan fingerprint density at radius 3 is 2.09 bits per heavy atom. The fraction of sp³-hybridized carbons (Fsp3) is 0.556. The fourth-order valence-electron chi connectivity index (χ4n) is 3.00. The van der Waals surface area contributed by atoms with Gasteiger partial charge in [0.05, 0.1) is 12.3 Å². The topological polar surface area (TPSA) is 51.7 Å². The number of hydrogen-bond donors (Lipinski definition) is 0. The van der Waals surface area contributed by atoms with Crippen molar-refractivity contribution in [2.45, 2.75) is 84.7 Å². The quantitative estimate of drug-likeness (QED) is 0.386. The smallest absolute Gasteiger partial charge is 0.410 e. The standard InChI is InChI=1S/C27H42N2O3Si/c1-26(2,3)32-25(30)29(19-17-22-13-10-9-11-14-22)20-18-23-15-12-16-24(28-23)21-31-33(7,8)27(4,5)6/h9-16H,17-21H2,1-8H3. The third kappa shape index (κ3) is 9.30. The minimum Gasteiger partial charge on any atom is -0.444 e. The molecule has 0 unspecified atom stereocenters. The first-order valence-corrected chi connectivity index (χ1v) is 14.8. The molecule has 2 rings (SSSR count). The van der Waals surface area contributed by atoms with Crippen LogP contribution < -0.4 is 0 Å². The molecule has 0 atom stereocenters. The van der Waals surface area contributed by atoms with Gasteiger partial charge in [-0.15, -0.1) is 0 Å². The van der Waals surface area contributed by atoms with E-state index in [0.29, 0.717) is 26.1 Å². The molecule has 1 aromatic heterocycles. The van der Waals surface area contributed by atoms with Crippen molar-refractivity contribution in [3.05, 3.63) is 65.5 Å². The molecule has 0 spiro atoms. The van der Waals surface area contributed by atoms with Crippen LogP contribution in [-0.2, 0) is 28.6 Å². The van der Waals surface area contributed by atoms with E-state index < -0.39 is 13.9 Å². The highest BCUT2D eigenvalue weighted by molar-refractivity contribution is 6.74. The summed E-state index contributed by atoms with van der Waals surface area (Å²) in [6.45, 7) is 18.6. The first kappa shape index (κ1) is 27.1. The number of aromatic nitrogens is 1. The Labute approximate surface area is 201 Å². The Morgan fingerprint density at radius 2 is 1.48 bits per heavy atom. The lowest BCUT2D eigenvalue weighted by Gasteiger charge is -2.36. The van der Waals surface area contributed by atoms with Gasteiger partial charge in [-0.1, -0.05) is 57.2 Å². The zero-order chi connectivity index (χ0) is 24.7. The molecule has 1 amide bonds. The van der Waals surface area contributed by atoms with Crippen molar-refractivity contribution in [3.8, 4) is 0 Å². The summed E-state index contributed by atoms with van der Waals surface area (Å²) in [5.74, 6) is 0. The summed E-state index contributed by atoms with van der Waals surface area (Å²) >= 11 is 0. The molecule has 0 radical (unpaired) electrons. The van der Waals surface area contributed by atoms with Gasteiger partial charge in [-0.3, -0.25) is 4.98 Å². The maximum absolute atomic E-state index is 12.8. The predicted molar refractivity (Wildman–Crippen MR) is 138 cm³/mol. The van der Waals surface area contributed by atoms with Gasteiger partial charge in [0.1, 0.15) is 5.60 Å². The number of nitrogens with zero attached hydrogens (tertiary/aromatic N) is 2. The van der Waals surface area contributed by atoms with Gasteiger partial charge in [0, 0.05) is 25.2 Å². The zero-order valence-electron chi connectivity index (χ0n) is 21.8. The molecule has 6 heteroatoms. The average Bonchev–Trinajstić information content (AvgIpc) is 2.71. The number of hydrogen-bond acceptors (Lipinski definition) is 4. The van der Waals surface area contributed by atoms with Crippen molar-refractivity contribution in [2.24, 2.45) is 0 Å². The lowest BCUT2D eigenvalue weighted by Crippen LogP contribution is -2.40. The van der Waals surface area contributed by atoms with Crippen LogP contribution >= 0.6 is 0 Å². The zero-order valence-corrected chi connectivity index (χ0v) is 22.8. The van der Waals surface area contributed by atoms with Gasteiger partial charge in [0.2, 0.25) is 0 Å². The van der Waals surface area contributed by atoms with Crippen LogP contribution in [0.1, 0.15) is 58.5 Å². The van der Waals surface area contributed by atoms with E-state index >= 15 is 0 Å². The van der Waals surface area contributed by atoms with Crippen LogP contribution in [0, 0.1) is 0 Å². The van der Waals surface area contributed by atoms with Crippen LogP contribution in [-0.4, -0.2) is 43.0 Å². The number of amides is 1. The fourth-order valence-corrected chi connectivity index (χ4v) is 3.94. The second kappa shape index (κ2) is 11.3. The van der Waals surface area contributed by atoms with Crippen molar-refractivity contribution < 1.29 is 14.0 Å². The molecular formula is C27H42N2O3Si. The third-order valence-corrected chi connectivity index (χ3v) is 10.5. The summed E-state index contributed by atoms with van der Waals surface area (Å²) in [6, 6.07) is 16.3. The Morgan fingerprint density at radius 1 is 0.879 bits per heavy atom. The monoisotopic (exact) mass is 470 g/mol. The second-order valence-electron chi connectivity index (χ2n) is 11.1. The third-order valence-electron chi connectivity index (χ3n) is 6.05. The van der Waals surface area contributed by atoms with Gasteiger partial charge in [-0.05, 0) is 63.0 Å². The SMILES string of the molecule is CC(C)(C)OC(=O)N(CCc1ccccc1)CCc1cccc(CO[Si](C)(C)C(C)(C)C)n1. The summed E-state index contributed by atoms with van der Waals surface area (Å²) in [6.07, 6.45) is 1.17. The van der Waals surface area contributed by atoms with Crippen LogP contribution in [0.15, 0.2) is 48.5 Å². The lowest BCUT2D eigenvalue weighted by atomic mass is 10.1. The van der Waals surface area contributed by atoms with Gasteiger partial charge < -0.3 is 14.1 Å². The Kier molecular flexibility index (Phi) is 9.26.